The molecule has 8 saturated carbocycles. The summed E-state index contributed by atoms with van der Waals surface area (Å²) in [4.78, 5) is 0. The van der Waals surface area contributed by atoms with Crippen molar-refractivity contribution in [2.45, 2.75) is 218 Å². The highest BCUT2D eigenvalue weighted by molar-refractivity contribution is 5.01. The highest BCUT2D eigenvalue weighted by Crippen LogP contribution is 2.57. The molecule has 50 heavy (non-hydrogen) atoms. The molecule has 0 aromatic carbocycles. The van der Waals surface area contributed by atoms with Gasteiger partial charge in [0.15, 0.2) is 0 Å². The smallest absolute Gasteiger partial charge is 0.0641 e. The van der Waals surface area contributed by atoms with Crippen LogP contribution in [0.1, 0.15) is 206 Å². The van der Waals surface area contributed by atoms with Crippen LogP contribution in [-0.4, -0.2) is 12.2 Å². The fourth-order valence-electron chi connectivity index (χ4n) is 17.3. The van der Waals surface area contributed by atoms with E-state index in [9.17, 15) is 0 Å². The minimum absolute atomic E-state index is 0.642. The predicted molar refractivity (Wildman–Crippen MR) is 210 cm³/mol. The second-order valence-corrected chi connectivity index (χ2v) is 21.5. The summed E-state index contributed by atoms with van der Waals surface area (Å²) in [5.74, 6) is 15.5. The Hall–Kier alpha value is -0.0400. The first kappa shape index (κ1) is 35.6. The van der Waals surface area contributed by atoms with Crippen molar-refractivity contribution in [1.29, 1.82) is 0 Å². The van der Waals surface area contributed by atoms with Crippen molar-refractivity contribution in [1.82, 2.24) is 0 Å². The fourth-order valence-corrected chi connectivity index (χ4v) is 17.3. The first-order valence-electron chi connectivity index (χ1n) is 24.4. The molecule has 0 bridgehead atoms. The Labute approximate surface area is 310 Å². The third-order valence-corrected chi connectivity index (χ3v) is 19.5. The van der Waals surface area contributed by atoms with Crippen molar-refractivity contribution in [3.63, 3.8) is 0 Å². The molecule has 1 heterocycles. The quantitative estimate of drug-likeness (QED) is 0.259. The van der Waals surface area contributed by atoms with Gasteiger partial charge in [0.2, 0.25) is 0 Å². The minimum Gasteiger partial charge on any atom is -0.374 e. The number of hydrogen-bond acceptors (Lipinski definition) is 1. The van der Waals surface area contributed by atoms with Crippen LogP contribution in [0.3, 0.4) is 0 Å². The third-order valence-electron chi connectivity index (χ3n) is 19.5. The van der Waals surface area contributed by atoms with E-state index in [1.807, 2.05) is 0 Å². The van der Waals surface area contributed by atoms with Gasteiger partial charge in [0.05, 0.1) is 12.2 Å². The van der Waals surface area contributed by atoms with Gasteiger partial charge in [-0.3, -0.25) is 0 Å². The van der Waals surface area contributed by atoms with E-state index in [0.29, 0.717) is 12.2 Å². The lowest BCUT2D eigenvalue weighted by molar-refractivity contribution is -0.0562. The molecular weight excluding hydrogens is 605 g/mol. The zero-order valence-electron chi connectivity index (χ0n) is 33.1. The second kappa shape index (κ2) is 16.4. The summed E-state index contributed by atoms with van der Waals surface area (Å²) >= 11 is 0. The van der Waals surface area contributed by atoms with Gasteiger partial charge >= 0.3 is 0 Å². The Bertz CT molecular complexity index is 1050. The van der Waals surface area contributed by atoms with Crippen LogP contribution in [-0.2, 0) is 4.74 Å². The van der Waals surface area contributed by atoms with Crippen LogP contribution in [0.2, 0.25) is 0 Å². The Morgan fingerprint density at radius 2 is 0.880 bits per heavy atom. The molecule has 284 valence electrons. The van der Waals surface area contributed by atoms with E-state index in [-0.39, 0.29) is 0 Å². The van der Waals surface area contributed by atoms with Crippen molar-refractivity contribution in [2.75, 3.05) is 0 Å². The highest BCUT2D eigenvalue weighted by Gasteiger charge is 2.52. The molecule has 0 radical (unpaired) electrons. The summed E-state index contributed by atoms with van der Waals surface area (Å²) < 4.78 is 7.07. The first-order chi connectivity index (χ1) is 24.7. The van der Waals surface area contributed by atoms with Gasteiger partial charge in [-0.25, -0.2) is 0 Å². The van der Waals surface area contributed by atoms with E-state index >= 15 is 0 Å². The van der Waals surface area contributed by atoms with E-state index in [1.54, 1.807) is 148 Å². The summed E-state index contributed by atoms with van der Waals surface area (Å²) in [5, 5.41) is 0. The van der Waals surface area contributed by atoms with Gasteiger partial charge < -0.3 is 4.74 Å². The summed E-state index contributed by atoms with van der Waals surface area (Å²) in [6.07, 6.45) is 49.3. The number of hydrogen-bond donors (Lipinski definition) is 0. The Kier molecular flexibility index (Phi) is 11.7. The van der Waals surface area contributed by atoms with E-state index in [2.05, 4.69) is 6.92 Å². The van der Waals surface area contributed by atoms with E-state index < -0.39 is 0 Å². The van der Waals surface area contributed by atoms with Crippen molar-refractivity contribution in [3.8, 4) is 0 Å². The van der Waals surface area contributed by atoms with Crippen molar-refractivity contribution >= 4 is 0 Å². The van der Waals surface area contributed by atoms with E-state index in [4.69, 9.17) is 4.74 Å². The van der Waals surface area contributed by atoms with Crippen LogP contribution in [0.25, 0.3) is 0 Å². The lowest BCUT2D eigenvalue weighted by Crippen LogP contribution is -2.44. The molecule has 8 aliphatic carbocycles. The molecule has 14 atom stereocenters. The van der Waals surface area contributed by atoms with Crippen molar-refractivity contribution < 1.29 is 4.74 Å². The molecule has 0 aromatic rings. The summed E-state index contributed by atoms with van der Waals surface area (Å²) in [6.45, 7) is 2.84. The Morgan fingerprint density at radius 3 is 1.74 bits per heavy atom. The number of rotatable bonds is 7. The van der Waals surface area contributed by atoms with Crippen molar-refractivity contribution in [2.24, 2.45) is 88.8 Å². The van der Waals surface area contributed by atoms with Gasteiger partial charge in [0.25, 0.3) is 0 Å². The molecule has 0 aromatic heterocycles. The standard InChI is InChI=1S/C49H82O/c1-33(38-18-11-19-39(32-38)42-24-12-17-34-14-5-6-21-41(34)42)40-20-7-8-23-45(40)48(36-15-3-2-4-16-36)37-30-28-35(29-31-37)43-25-13-26-46-44-22-9-10-27-47(44)50-49(43)46/h33-49H,2-32H2,1H3/t33?,34?,35?,37?,38?,39?,40?,41?,42-,43?,44?,45?,46?,47?,48?,49?/m1/s1. The van der Waals surface area contributed by atoms with Crippen LogP contribution in [0.5, 0.6) is 0 Å². The number of ether oxygens (including phenoxy) is 1. The maximum atomic E-state index is 7.07. The summed E-state index contributed by atoms with van der Waals surface area (Å²) in [6, 6.07) is 0. The van der Waals surface area contributed by atoms with Gasteiger partial charge in [-0.05, 0) is 172 Å². The van der Waals surface area contributed by atoms with Gasteiger partial charge in [-0.1, -0.05) is 122 Å². The maximum Gasteiger partial charge on any atom is 0.0641 e. The van der Waals surface area contributed by atoms with Gasteiger partial charge in [0.1, 0.15) is 0 Å². The fraction of sp³-hybridized carbons (Fsp3) is 1.00. The Balaban J connectivity index is 0.882. The van der Waals surface area contributed by atoms with Crippen LogP contribution in [0, 0.1) is 88.8 Å². The molecule has 0 spiro atoms. The molecule has 9 rings (SSSR count). The maximum absolute atomic E-state index is 7.07. The normalized spacial score (nSPS) is 48.9. The molecule has 1 heteroatoms. The SMILES string of the molecule is CC(C1CCCC([C@H]2CCCC3CCCCC32)C1)C1CCCCC1C(C1CCCCC1)C1CCC(C2CCCC3C4CCCCC4OC23)CC1. The molecule has 1 aliphatic heterocycles. The van der Waals surface area contributed by atoms with Crippen LogP contribution in [0.4, 0.5) is 0 Å². The van der Waals surface area contributed by atoms with E-state index in [1.165, 1.54) is 51.4 Å². The van der Waals surface area contributed by atoms with Gasteiger partial charge in [0, 0.05) is 0 Å². The molecule has 9 fully saturated rings. The lowest BCUT2D eigenvalue weighted by Gasteiger charge is -2.52. The van der Waals surface area contributed by atoms with Crippen LogP contribution >= 0.6 is 0 Å². The van der Waals surface area contributed by atoms with E-state index in [0.717, 1.165) is 88.8 Å². The van der Waals surface area contributed by atoms with Crippen LogP contribution < -0.4 is 0 Å². The Morgan fingerprint density at radius 1 is 0.360 bits per heavy atom. The molecule has 1 saturated heterocycles. The topological polar surface area (TPSA) is 9.23 Å². The molecule has 0 amide bonds. The van der Waals surface area contributed by atoms with Crippen molar-refractivity contribution in [3.05, 3.63) is 0 Å². The monoisotopic (exact) mass is 687 g/mol. The molecule has 1 nitrogen and oxygen atoms in total. The van der Waals surface area contributed by atoms with Gasteiger partial charge in [-0.15, -0.1) is 0 Å². The molecular formula is C49H82O. The van der Waals surface area contributed by atoms with Gasteiger partial charge in [-0.2, -0.15) is 0 Å². The first-order valence-corrected chi connectivity index (χ1v) is 24.4. The lowest BCUT2D eigenvalue weighted by atomic mass is 9.54. The predicted octanol–water partition coefficient (Wildman–Crippen LogP) is 14.2. The second-order valence-electron chi connectivity index (χ2n) is 21.5. The number of fused-ring (bicyclic) bond motifs is 4. The molecule has 0 N–H and O–H groups in total. The van der Waals surface area contributed by atoms with Crippen LogP contribution in [0.15, 0.2) is 0 Å². The zero-order valence-corrected chi connectivity index (χ0v) is 33.1. The third kappa shape index (κ3) is 7.23. The minimum atomic E-state index is 0.642. The average Bonchev–Trinajstić information content (AvgIpc) is 3.58. The molecule has 13 unspecified atom stereocenters. The molecule has 9 aliphatic rings. The largest absolute Gasteiger partial charge is 0.374 e. The zero-order chi connectivity index (χ0) is 33.4. The highest BCUT2D eigenvalue weighted by atomic mass is 16.5. The summed E-state index contributed by atoms with van der Waals surface area (Å²) in [5.41, 5.74) is 0. The summed E-state index contributed by atoms with van der Waals surface area (Å²) in [7, 11) is 0. The average molecular weight is 687 g/mol.